The molecular formula is C22H22N2O6. The topological polar surface area (TPSA) is 111 Å². The van der Waals surface area contributed by atoms with E-state index in [1.54, 1.807) is 13.0 Å². The third-order valence-electron chi connectivity index (χ3n) is 4.61. The Morgan fingerprint density at radius 2 is 1.90 bits per heavy atom. The molecule has 0 saturated heterocycles. The average molecular weight is 410 g/mol. The summed E-state index contributed by atoms with van der Waals surface area (Å²) < 4.78 is 10.7. The van der Waals surface area contributed by atoms with Crippen LogP contribution in [0.4, 0.5) is 4.79 Å². The van der Waals surface area contributed by atoms with Gasteiger partial charge in [0, 0.05) is 13.0 Å². The molecule has 2 unspecified atom stereocenters. The molecule has 0 aliphatic carbocycles. The summed E-state index contributed by atoms with van der Waals surface area (Å²) in [5, 5.41) is 4.51. The lowest BCUT2D eigenvalue weighted by molar-refractivity contribution is -0.127. The van der Waals surface area contributed by atoms with Crippen molar-refractivity contribution in [3.63, 3.8) is 0 Å². The number of hydrogen-bond acceptors (Lipinski definition) is 6. The number of urea groups is 1. The third-order valence-corrected chi connectivity index (χ3v) is 4.61. The Bertz CT molecular complexity index is 973. The largest absolute Gasteiger partial charge is 0.454 e. The van der Waals surface area contributed by atoms with Crippen molar-refractivity contribution in [1.82, 2.24) is 10.6 Å². The molecule has 8 nitrogen and oxygen atoms in total. The zero-order valence-electron chi connectivity index (χ0n) is 16.6. The summed E-state index contributed by atoms with van der Waals surface area (Å²) in [5.74, 6) is -1.92. The molecule has 1 aliphatic heterocycles. The summed E-state index contributed by atoms with van der Waals surface area (Å²) in [4.78, 5) is 48.2. The number of carbonyl (C=O) groups is 4. The van der Waals surface area contributed by atoms with Crippen LogP contribution in [-0.2, 0) is 20.7 Å². The maximum Gasteiger partial charge on any atom is 0.339 e. The molecule has 0 fully saturated rings. The second-order valence-electron chi connectivity index (χ2n) is 6.78. The first-order valence-electron chi connectivity index (χ1n) is 9.57. The van der Waals surface area contributed by atoms with Gasteiger partial charge >= 0.3 is 18.0 Å². The summed E-state index contributed by atoms with van der Waals surface area (Å²) in [6, 6.07) is 13.2. The highest BCUT2D eigenvalue weighted by Crippen LogP contribution is 2.31. The molecule has 2 atom stereocenters. The summed E-state index contributed by atoms with van der Waals surface area (Å²) in [6.45, 7) is 3.43. The fourth-order valence-corrected chi connectivity index (χ4v) is 3.08. The van der Waals surface area contributed by atoms with Crippen LogP contribution in [0.5, 0.6) is 0 Å². The van der Waals surface area contributed by atoms with Crippen LogP contribution in [0.25, 0.3) is 0 Å². The molecule has 1 aliphatic rings. The van der Waals surface area contributed by atoms with Crippen LogP contribution in [-0.4, -0.2) is 36.5 Å². The number of nitrogens with one attached hydrogen (secondary N) is 2. The van der Waals surface area contributed by atoms with E-state index in [-0.39, 0.29) is 5.56 Å². The molecule has 0 spiro atoms. The first-order valence-corrected chi connectivity index (χ1v) is 9.57. The van der Waals surface area contributed by atoms with E-state index in [2.05, 4.69) is 10.6 Å². The molecule has 0 bridgehead atoms. The van der Waals surface area contributed by atoms with E-state index in [9.17, 15) is 19.2 Å². The van der Waals surface area contributed by atoms with Crippen molar-refractivity contribution in [2.45, 2.75) is 32.5 Å². The highest BCUT2D eigenvalue weighted by molar-refractivity contribution is 5.99. The van der Waals surface area contributed by atoms with Gasteiger partial charge in [-0.1, -0.05) is 30.3 Å². The van der Waals surface area contributed by atoms with Gasteiger partial charge in [0.1, 0.15) is 6.10 Å². The Hall–Kier alpha value is -3.68. The highest BCUT2D eigenvalue weighted by atomic mass is 16.6. The van der Waals surface area contributed by atoms with E-state index < -0.39 is 36.1 Å². The van der Waals surface area contributed by atoms with Crippen LogP contribution in [0.15, 0.2) is 48.5 Å². The predicted octanol–water partition coefficient (Wildman–Crippen LogP) is 2.53. The van der Waals surface area contributed by atoms with Gasteiger partial charge in [-0.15, -0.1) is 0 Å². The molecule has 3 rings (SSSR count). The molecule has 30 heavy (non-hydrogen) atoms. The molecular weight excluding hydrogens is 388 g/mol. The minimum atomic E-state index is -1.17. The Balaban J connectivity index is 1.71. The van der Waals surface area contributed by atoms with Crippen molar-refractivity contribution in [3.05, 3.63) is 70.8 Å². The fraction of sp³-hybridized carbons (Fsp3) is 0.273. The van der Waals surface area contributed by atoms with Crippen LogP contribution in [0.2, 0.25) is 0 Å². The standard InChI is InChI=1S/C22H22N2O6/c1-3-23-22(28)24-19(25)13(2)29-20(26)15-9-10-17-16(11-15)12-18(30-21(17)27)14-7-5-4-6-8-14/h4-11,13,18H,3,12H2,1-2H3,(H2,23,24,25,28). The molecule has 8 heteroatoms. The molecule has 0 aromatic heterocycles. The van der Waals surface area contributed by atoms with Gasteiger partial charge in [-0.3, -0.25) is 10.1 Å². The van der Waals surface area contributed by atoms with Gasteiger partial charge in [0.25, 0.3) is 5.91 Å². The minimum Gasteiger partial charge on any atom is -0.454 e. The second kappa shape index (κ2) is 9.21. The lowest BCUT2D eigenvalue weighted by atomic mass is 9.93. The number of ether oxygens (including phenoxy) is 2. The van der Waals surface area contributed by atoms with E-state index >= 15 is 0 Å². The van der Waals surface area contributed by atoms with Gasteiger partial charge in [0.15, 0.2) is 6.10 Å². The van der Waals surface area contributed by atoms with Crippen molar-refractivity contribution < 1.29 is 28.7 Å². The molecule has 156 valence electrons. The summed E-state index contributed by atoms with van der Waals surface area (Å²) in [5.41, 5.74) is 2.11. The normalized spacial score (nSPS) is 15.9. The second-order valence-corrected chi connectivity index (χ2v) is 6.78. The predicted molar refractivity (Wildman–Crippen MR) is 107 cm³/mol. The number of benzene rings is 2. The van der Waals surface area contributed by atoms with Crippen LogP contribution in [0.3, 0.4) is 0 Å². The van der Waals surface area contributed by atoms with Crippen molar-refractivity contribution >= 4 is 23.9 Å². The number of hydrogen-bond donors (Lipinski definition) is 2. The Morgan fingerprint density at radius 1 is 1.17 bits per heavy atom. The van der Waals surface area contributed by atoms with Crippen LogP contribution in [0, 0.1) is 0 Å². The summed E-state index contributed by atoms with van der Waals surface area (Å²) in [7, 11) is 0. The summed E-state index contributed by atoms with van der Waals surface area (Å²) in [6.07, 6.45) is -1.20. The number of carbonyl (C=O) groups excluding carboxylic acids is 4. The number of amides is 3. The van der Waals surface area contributed by atoms with Crippen molar-refractivity contribution in [1.29, 1.82) is 0 Å². The number of imide groups is 1. The highest BCUT2D eigenvalue weighted by Gasteiger charge is 2.29. The Labute approximate surface area is 173 Å². The van der Waals surface area contributed by atoms with E-state index in [1.807, 2.05) is 30.3 Å². The lowest BCUT2D eigenvalue weighted by Gasteiger charge is -2.25. The smallest absolute Gasteiger partial charge is 0.339 e. The molecule has 3 amide bonds. The number of cyclic esters (lactones) is 1. The minimum absolute atomic E-state index is 0.202. The van der Waals surface area contributed by atoms with Crippen molar-refractivity contribution in [3.8, 4) is 0 Å². The molecule has 2 N–H and O–H groups in total. The number of fused-ring (bicyclic) bond motifs is 1. The quantitative estimate of drug-likeness (QED) is 0.733. The van der Waals surface area contributed by atoms with Gasteiger partial charge in [-0.05, 0) is 43.2 Å². The van der Waals surface area contributed by atoms with Gasteiger partial charge in [-0.25, -0.2) is 14.4 Å². The van der Waals surface area contributed by atoms with E-state index in [4.69, 9.17) is 9.47 Å². The van der Waals surface area contributed by atoms with Crippen molar-refractivity contribution in [2.75, 3.05) is 6.54 Å². The van der Waals surface area contributed by atoms with E-state index in [1.165, 1.54) is 19.1 Å². The number of rotatable bonds is 5. The molecule has 0 saturated carbocycles. The molecule has 1 heterocycles. The van der Waals surface area contributed by atoms with E-state index in [0.29, 0.717) is 24.1 Å². The zero-order chi connectivity index (χ0) is 21.7. The maximum absolute atomic E-state index is 12.5. The van der Waals surface area contributed by atoms with E-state index in [0.717, 1.165) is 5.56 Å². The Kier molecular flexibility index (Phi) is 6.46. The van der Waals surface area contributed by atoms with Gasteiger partial charge in [-0.2, -0.15) is 0 Å². The number of esters is 2. The molecule has 2 aromatic carbocycles. The Morgan fingerprint density at radius 3 is 2.60 bits per heavy atom. The molecule has 0 radical (unpaired) electrons. The lowest BCUT2D eigenvalue weighted by Crippen LogP contribution is -2.44. The van der Waals surface area contributed by atoms with Crippen LogP contribution < -0.4 is 10.6 Å². The SMILES string of the molecule is CCNC(=O)NC(=O)C(C)OC(=O)c1ccc2c(c1)CC(c1ccccc1)OC2=O. The monoisotopic (exact) mass is 410 g/mol. The zero-order valence-corrected chi connectivity index (χ0v) is 16.6. The van der Waals surface area contributed by atoms with Crippen molar-refractivity contribution in [2.24, 2.45) is 0 Å². The van der Waals surface area contributed by atoms with Gasteiger partial charge < -0.3 is 14.8 Å². The fourth-order valence-electron chi connectivity index (χ4n) is 3.08. The summed E-state index contributed by atoms with van der Waals surface area (Å²) >= 11 is 0. The molecule has 2 aromatic rings. The average Bonchev–Trinajstić information content (AvgIpc) is 2.73. The van der Waals surface area contributed by atoms with Crippen LogP contribution >= 0.6 is 0 Å². The van der Waals surface area contributed by atoms with Gasteiger partial charge in [0.2, 0.25) is 0 Å². The van der Waals surface area contributed by atoms with Crippen LogP contribution in [0.1, 0.15) is 51.8 Å². The third kappa shape index (κ3) is 4.83. The van der Waals surface area contributed by atoms with Gasteiger partial charge in [0.05, 0.1) is 11.1 Å². The first kappa shape index (κ1) is 21.0. The first-order chi connectivity index (χ1) is 14.4. The maximum atomic E-state index is 12.5.